The van der Waals surface area contributed by atoms with Crippen LogP contribution >= 0.6 is 11.3 Å². The Morgan fingerprint density at radius 2 is 1.72 bits per heavy atom. The number of hydrogen-bond donors (Lipinski definition) is 1. The first-order valence-corrected chi connectivity index (χ1v) is 12.7. The summed E-state index contributed by atoms with van der Waals surface area (Å²) in [4.78, 5) is 16.9. The Morgan fingerprint density at radius 3 is 2.28 bits per heavy atom. The highest BCUT2D eigenvalue weighted by atomic mass is 32.2. The lowest BCUT2D eigenvalue weighted by Crippen LogP contribution is -2.30. The SMILES string of the molecule is CCN(CC)S(=O)(=O)c1ccc(/C=C/C(=O)NCc2ccc(-c3csc(C)n3)cc2)cc1. The summed E-state index contributed by atoms with van der Waals surface area (Å²) in [6, 6.07) is 14.5. The molecule has 0 aliphatic rings. The number of nitrogens with zero attached hydrogens (tertiary/aromatic N) is 2. The van der Waals surface area contributed by atoms with Crippen molar-refractivity contribution in [3.05, 3.63) is 76.1 Å². The molecule has 168 valence electrons. The lowest BCUT2D eigenvalue weighted by atomic mass is 10.1. The molecule has 2 aromatic carbocycles. The highest BCUT2D eigenvalue weighted by Gasteiger charge is 2.20. The molecule has 1 amide bonds. The predicted octanol–water partition coefficient (Wildman–Crippen LogP) is 4.48. The van der Waals surface area contributed by atoms with Gasteiger partial charge in [-0.3, -0.25) is 4.79 Å². The Kier molecular flexibility index (Phi) is 7.95. The predicted molar refractivity (Wildman–Crippen MR) is 130 cm³/mol. The number of sulfonamides is 1. The molecule has 0 spiro atoms. The molecule has 0 saturated carbocycles. The van der Waals surface area contributed by atoms with Crippen LogP contribution in [0.2, 0.25) is 0 Å². The number of benzene rings is 2. The van der Waals surface area contributed by atoms with Gasteiger partial charge in [0, 0.05) is 36.7 Å². The Bertz CT molecular complexity index is 1180. The number of rotatable bonds is 9. The van der Waals surface area contributed by atoms with Crippen LogP contribution in [0.1, 0.15) is 30.0 Å². The van der Waals surface area contributed by atoms with Crippen LogP contribution in [-0.2, 0) is 21.4 Å². The van der Waals surface area contributed by atoms with Gasteiger partial charge in [-0.15, -0.1) is 11.3 Å². The Balaban J connectivity index is 1.55. The second-order valence-electron chi connectivity index (χ2n) is 7.16. The summed E-state index contributed by atoms with van der Waals surface area (Å²) in [7, 11) is -3.48. The van der Waals surface area contributed by atoms with Crippen LogP contribution < -0.4 is 5.32 Å². The second-order valence-corrected chi connectivity index (χ2v) is 10.2. The van der Waals surface area contributed by atoms with Crippen molar-refractivity contribution in [2.24, 2.45) is 0 Å². The van der Waals surface area contributed by atoms with Crippen molar-refractivity contribution in [2.45, 2.75) is 32.2 Å². The minimum Gasteiger partial charge on any atom is -0.348 e. The Hall–Kier alpha value is -2.81. The van der Waals surface area contributed by atoms with E-state index in [9.17, 15) is 13.2 Å². The summed E-state index contributed by atoms with van der Waals surface area (Å²) in [5.41, 5.74) is 3.76. The largest absolute Gasteiger partial charge is 0.348 e. The van der Waals surface area contributed by atoms with Crippen LogP contribution in [0.3, 0.4) is 0 Å². The molecule has 6 nitrogen and oxygen atoms in total. The van der Waals surface area contributed by atoms with Gasteiger partial charge in [-0.25, -0.2) is 13.4 Å². The Morgan fingerprint density at radius 1 is 1.06 bits per heavy atom. The van der Waals surface area contributed by atoms with Crippen LogP contribution in [0, 0.1) is 6.92 Å². The average Bonchev–Trinajstić information content (AvgIpc) is 3.24. The van der Waals surface area contributed by atoms with Crippen molar-refractivity contribution in [1.82, 2.24) is 14.6 Å². The number of aromatic nitrogens is 1. The van der Waals surface area contributed by atoms with Gasteiger partial charge in [-0.1, -0.05) is 50.2 Å². The molecule has 3 aromatic rings. The van der Waals surface area contributed by atoms with Gasteiger partial charge in [0.1, 0.15) is 0 Å². The van der Waals surface area contributed by atoms with Crippen molar-refractivity contribution in [1.29, 1.82) is 0 Å². The fourth-order valence-electron chi connectivity index (χ4n) is 3.17. The average molecular weight is 470 g/mol. The maximum absolute atomic E-state index is 12.5. The normalized spacial score (nSPS) is 11.9. The van der Waals surface area contributed by atoms with Gasteiger partial charge in [-0.05, 0) is 36.3 Å². The van der Waals surface area contributed by atoms with Crippen LogP contribution in [0.15, 0.2) is 64.9 Å². The third-order valence-corrected chi connectivity index (χ3v) is 7.82. The number of nitrogens with one attached hydrogen (secondary N) is 1. The first-order chi connectivity index (χ1) is 15.3. The first kappa shape index (κ1) is 23.8. The number of aryl methyl sites for hydroxylation is 1. The van der Waals surface area contributed by atoms with Crippen molar-refractivity contribution < 1.29 is 13.2 Å². The smallest absolute Gasteiger partial charge is 0.244 e. The first-order valence-electron chi connectivity index (χ1n) is 10.4. The molecule has 0 atom stereocenters. The molecule has 0 radical (unpaired) electrons. The van der Waals surface area contributed by atoms with E-state index in [1.807, 2.05) is 50.4 Å². The maximum Gasteiger partial charge on any atom is 0.244 e. The summed E-state index contributed by atoms with van der Waals surface area (Å²) in [6.07, 6.45) is 3.11. The number of thiazole rings is 1. The van der Waals surface area contributed by atoms with Crippen molar-refractivity contribution in [2.75, 3.05) is 13.1 Å². The van der Waals surface area contributed by atoms with Gasteiger partial charge < -0.3 is 5.32 Å². The van der Waals surface area contributed by atoms with E-state index in [-0.39, 0.29) is 10.8 Å². The molecule has 0 aliphatic heterocycles. The summed E-state index contributed by atoms with van der Waals surface area (Å²) in [5.74, 6) is -0.218. The van der Waals surface area contributed by atoms with Crippen molar-refractivity contribution in [3.8, 4) is 11.3 Å². The number of amides is 1. The van der Waals surface area contributed by atoms with Crippen LogP contribution in [0.5, 0.6) is 0 Å². The fourth-order valence-corrected chi connectivity index (χ4v) is 5.25. The van der Waals surface area contributed by atoms with Gasteiger partial charge in [0.15, 0.2) is 0 Å². The van der Waals surface area contributed by atoms with Gasteiger partial charge in [-0.2, -0.15) is 4.31 Å². The fraction of sp³-hybridized carbons (Fsp3) is 0.250. The topological polar surface area (TPSA) is 79.4 Å². The number of carbonyl (C=O) groups is 1. The molecule has 0 fully saturated rings. The zero-order valence-corrected chi connectivity index (χ0v) is 20.0. The lowest BCUT2D eigenvalue weighted by Gasteiger charge is -2.18. The van der Waals surface area contributed by atoms with Gasteiger partial charge in [0.05, 0.1) is 15.6 Å². The van der Waals surface area contributed by atoms with Crippen LogP contribution in [0.25, 0.3) is 17.3 Å². The van der Waals surface area contributed by atoms with E-state index in [1.165, 1.54) is 10.4 Å². The van der Waals surface area contributed by atoms with E-state index in [0.717, 1.165) is 27.4 Å². The van der Waals surface area contributed by atoms with E-state index in [4.69, 9.17) is 0 Å². The molecule has 32 heavy (non-hydrogen) atoms. The van der Waals surface area contributed by atoms with Gasteiger partial charge >= 0.3 is 0 Å². The van der Waals surface area contributed by atoms with Crippen LogP contribution in [0.4, 0.5) is 0 Å². The molecular formula is C24H27N3O3S2. The maximum atomic E-state index is 12.5. The highest BCUT2D eigenvalue weighted by molar-refractivity contribution is 7.89. The number of carbonyl (C=O) groups excluding carboxylic acids is 1. The van der Waals surface area contributed by atoms with E-state index in [1.54, 1.807) is 41.7 Å². The molecule has 0 bridgehead atoms. The molecule has 0 saturated heterocycles. The summed E-state index contributed by atoms with van der Waals surface area (Å²) >= 11 is 1.62. The molecular weight excluding hydrogens is 442 g/mol. The minimum atomic E-state index is -3.48. The molecule has 8 heteroatoms. The molecule has 0 unspecified atom stereocenters. The van der Waals surface area contributed by atoms with Crippen LogP contribution in [-0.4, -0.2) is 36.7 Å². The van der Waals surface area contributed by atoms with E-state index < -0.39 is 10.0 Å². The molecule has 1 N–H and O–H groups in total. The van der Waals surface area contributed by atoms with E-state index >= 15 is 0 Å². The summed E-state index contributed by atoms with van der Waals surface area (Å²) < 4.78 is 26.5. The Labute approximate surface area is 193 Å². The zero-order valence-electron chi connectivity index (χ0n) is 18.4. The third kappa shape index (κ3) is 5.91. The quantitative estimate of drug-likeness (QED) is 0.469. The molecule has 3 rings (SSSR count). The third-order valence-electron chi connectivity index (χ3n) is 4.99. The van der Waals surface area contributed by atoms with Crippen molar-refractivity contribution in [3.63, 3.8) is 0 Å². The minimum absolute atomic E-state index is 0.218. The number of hydrogen-bond acceptors (Lipinski definition) is 5. The van der Waals surface area contributed by atoms with E-state index in [0.29, 0.717) is 19.6 Å². The standard InChI is InChI=1S/C24H27N3O3S2/c1-4-27(5-2)32(29,30)22-13-8-19(9-14-22)10-15-24(28)25-16-20-6-11-21(12-7-20)23-17-31-18(3)26-23/h6-15,17H,4-5,16H2,1-3H3,(H,25,28)/b15-10+. The van der Waals surface area contributed by atoms with E-state index in [2.05, 4.69) is 10.3 Å². The summed E-state index contributed by atoms with van der Waals surface area (Å²) in [6.45, 7) is 6.87. The highest BCUT2D eigenvalue weighted by Crippen LogP contribution is 2.22. The van der Waals surface area contributed by atoms with Gasteiger partial charge in [0.25, 0.3) is 0 Å². The second kappa shape index (κ2) is 10.7. The van der Waals surface area contributed by atoms with Crippen molar-refractivity contribution >= 4 is 33.3 Å². The lowest BCUT2D eigenvalue weighted by molar-refractivity contribution is -0.116. The molecule has 0 aliphatic carbocycles. The zero-order chi connectivity index (χ0) is 23.1. The monoisotopic (exact) mass is 469 g/mol. The molecule has 1 aromatic heterocycles. The summed E-state index contributed by atoms with van der Waals surface area (Å²) in [5, 5.41) is 5.92. The molecule has 1 heterocycles. The van der Waals surface area contributed by atoms with Gasteiger partial charge in [0.2, 0.25) is 15.9 Å².